The van der Waals surface area contributed by atoms with E-state index in [1.807, 2.05) is 13.0 Å². The molecule has 0 aliphatic carbocycles. The van der Waals surface area contributed by atoms with E-state index in [1.54, 1.807) is 24.3 Å². The highest BCUT2D eigenvalue weighted by Crippen LogP contribution is 2.40. The summed E-state index contributed by atoms with van der Waals surface area (Å²) in [5.74, 6) is 0.653. The molecule has 108 valence electrons. The zero-order valence-corrected chi connectivity index (χ0v) is 12.6. The van der Waals surface area contributed by atoms with Gasteiger partial charge in [0, 0.05) is 17.3 Å². The van der Waals surface area contributed by atoms with Gasteiger partial charge in [-0.3, -0.25) is 4.79 Å². The molecule has 1 aliphatic heterocycles. The molecule has 1 unspecified atom stereocenters. The first-order chi connectivity index (χ1) is 9.95. The van der Waals surface area contributed by atoms with Crippen molar-refractivity contribution >= 4 is 34.8 Å². The maximum atomic E-state index is 11.6. The molecule has 2 aromatic rings. The molecule has 0 spiro atoms. The summed E-state index contributed by atoms with van der Waals surface area (Å²) in [6.45, 7) is 1.94. The predicted molar refractivity (Wildman–Crippen MR) is 83.3 cm³/mol. The van der Waals surface area contributed by atoms with E-state index in [-0.39, 0.29) is 5.91 Å². The van der Waals surface area contributed by atoms with Gasteiger partial charge in [-0.05, 0) is 30.7 Å². The van der Waals surface area contributed by atoms with Gasteiger partial charge in [-0.2, -0.15) is 0 Å². The minimum absolute atomic E-state index is 0.258. The second-order valence-corrected chi connectivity index (χ2v) is 5.69. The molecule has 1 amide bonds. The zero-order chi connectivity index (χ0) is 15.1. The number of nitrogens with two attached hydrogens (primary N) is 1. The number of amides is 1. The third-order valence-electron chi connectivity index (χ3n) is 3.29. The standard InChI is InChI=1S/C15H12Cl2N2O2/c1-7-2-3-12(9(16)4-7)21-13-6-11-8(5-10(13)17)14(18)15(20)19-11/h2-6,14H,18H2,1H3,(H,19,20). The van der Waals surface area contributed by atoms with E-state index in [0.29, 0.717) is 32.8 Å². The van der Waals surface area contributed by atoms with Crippen LogP contribution in [-0.2, 0) is 4.79 Å². The van der Waals surface area contributed by atoms with Crippen LogP contribution in [0.15, 0.2) is 30.3 Å². The first-order valence-electron chi connectivity index (χ1n) is 6.29. The van der Waals surface area contributed by atoms with Crippen LogP contribution in [0.2, 0.25) is 10.0 Å². The number of fused-ring (bicyclic) bond motifs is 1. The predicted octanol–water partition coefficient (Wildman–Crippen LogP) is 4.05. The van der Waals surface area contributed by atoms with Crippen molar-refractivity contribution in [2.75, 3.05) is 5.32 Å². The minimum Gasteiger partial charge on any atom is -0.454 e. The van der Waals surface area contributed by atoms with Gasteiger partial charge in [-0.1, -0.05) is 29.3 Å². The third kappa shape index (κ3) is 2.58. The van der Waals surface area contributed by atoms with Gasteiger partial charge in [0.2, 0.25) is 5.91 Å². The lowest BCUT2D eigenvalue weighted by molar-refractivity contribution is -0.116. The van der Waals surface area contributed by atoms with Crippen molar-refractivity contribution in [2.24, 2.45) is 5.73 Å². The molecule has 1 aliphatic rings. The number of carbonyl (C=O) groups excluding carboxylic acids is 1. The highest BCUT2D eigenvalue weighted by atomic mass is 35.5. The number of carbonyl (C=O) groups is 1. The first-order valence-corrected chi connectivity index (χ1v) is 7.05. The number of hydrogen-bond acceptors (Lipinski definition) is 3. The summed E-state index contributed by atoms with van der Waals surface area (Å²) in [5, 5.41) is 3.55. The Morgan fingerprint density at radius 2 is 1.86 bits per heavy atom. The topological polar surface area (TPSA) is 64.3 Å². The maximum absolute atomic E-state index is 11.6. The number of ether oxygens (including phenoxy) is 1. The van der Waals surface area contributed by atoms with Gasteiger partial charge in [0.05, 0.1) is 10.0 Å². The maximum Gasteiger partial charge on any atom is 0.245 e. The fourth-order valence-electron chi connectivity index (χ4n) is 2.17. The Hall–Kier alpha value is -1.75. The molecular weight excluding hydrogens is 311 g/mol. The van der Waals surface area contributed by atoms with E-state index in [0.717, 1.165) is 5.56 Å². The number of anilines is 1. The van der Waals surface area contributed by atoms with Gasteiger partial charge < -0.3 is 15.8 Å². The number of aryl methyl sites for hydroxylation is 1. The van der Waals surface area contributed by atoms with Crippen LogP contribution < -0.4 is 15.8 Å². The van der Waals surface area contributed by atoms with Gasteiger partial charge in [0.15, 0.2) is 0 Å². The molecular formula is C15H12Cl2N2O2. The molecule has 0 radical (unpaired) electrons. The lowest BCUT2D eigenvalue weighted by atomic mass is 10.1. The van der Waals surface area contributed by atoms with E-state index < -0.39 is 6.04 Å². The van der Waals surface area contributed by atoms with E-state index in [2.05, 4.69) is 5.32 Å². The number of hydrogen-bond donors (Lipinski definition) is 2. The van der Waals surface area contributed by atoms with Crippen LogP contribution in [0.3, 0.4) is 0 Å². The van der Waals surface area contributed by atoms with Crippen LogP contribution in [-0.4, -0.2) is 5.91 Å². The number of nitrogens with one attached hydrogen (secondary N) is 1. The van der Waals surface area contributed by atoms with E-state index in [1.165, 1.54) is 0 Å². The Morgan fingerprint density at radius 3 is 2.57 bits per heavy atom. The average Bonchev–Trinajstić information content (AvgIpc) is 2.69. The van der Waals surface area contributed by atoms with Crippen molar-refractivity contribution in [1.29, 1.82) is 0 Å². The Morgan fingerprint density at radius 1 is 1.14 bits per heavy atom. The van der Waals surface area contributed by atoms with Gasteiger partial charge in [-0.25, -0.2) is 0 Å². The van der Waals surface area contributed by atoms with Crippen LogP contribution in [0, 0.1) is 6.92 Å². The fraction of sp³-hybridized carbons (Fsp3) is 0.133. The van der Waals surface area contributed by atoms with Crippen molar-refractivity contribution in [3.8, 4) is 11.5 Å². The van der Waals surface area contributed by atoms with E-state index >= 15 is 0 Å². The molecule has 4 nitrogen and oxygen atoms in total. The smallest absolute Gasteiger partial charge is 0.245 e. The van der Waals surface area contributed by atoms with Crippen LogP contribution >= 0.6 is 23.2 Å². The van der Waals surface area contributed by atoms with Crippen molar-refractivity contribution in [3.05, 3.63) is 51.5 Å². The van der Waals surface area contributed by atoms with Gasteiger partial charge >= 0.3 is 0 Å². The molecule has 3 rings (SSSR count). The SMILES string of the molecule is Cc1ccc(Oc2cc3c(cc2Cl)C(N)C(=O)N3)c(Cl)c1. The van der Waals surface area contributed by atoms with Crippen LogP contribution in [0.25, 0.3) is 0 Å². The molecule has 21 heavy (non-hydrogen) atoms. The Balaban J connectivity index is 1.97. The molecule has 1 heterocycles. The molecule has 1 atom stereocenters. The Labute approximate surface area is 131 Å². The second kappa shape index (κ2) is 5.22. The lowest BCUT2D eigenvalue weighted by Crippen LogP contribution is -2.19. The lowest BCUT2D eigenvalue weighted by Gasteiger charge is -2.11. The summed E-state index contributed by atoms with van der Waals surface area (Å²) in [4.78, 5) is 11.6. The summed E-state index contributed by atoms with van der Waals surface area (Å²) in [6.07, 6.45) is 0. The van der Waals surface area contributed by atoms with Crippen molar-refractivity contribution in [2.45, 2.75) is 13.0 Å². The average molecular weight is 323 g/mol. The number of benzene rings is 2. The monoisotopic (exact) mass is 322 g/mol. The van der Waals surface area contributed by atoms with Crippen LogP contribution in [0.5, 0.6) is 11.5 Å². The van der Waals surface area contributed by atoms with Gasteiger partial charge in [0.25, 0.3) is 0 Å². The zero-order valence-electron chi connectivity index (χ0n) is 11.1. The highest BCUT2D eigenvalue weighted by molar-refractivity contribution is 6.33. The molecule has 6 heteroatoms. The van der Waals surface area contributed by atoms with Gasteiger partial charge in [0.1, 0.15) is 17.5 Å². The molecule has 3 N–H and O–H groups in total. The molecule has 0 saturated carbocycles. The Kier molecular flexibility index (Phi) is 3.53. The largest absolute Gasteiger partial charge is 0.454 e. The normalized spacial score (nSPS) is 16.6. The van der Waals surface area contributed by atoms with Crippen molar-refractivity contribution in [3.63, 3.8) is 0 Å². The molecule has 0 saturated heterocycles. The summed E-state index contributed by atoms with van der Waals surface area (Å²) in [5.41, 5.74) is 8.07. The summed E-state index contributed by atoms with van der Waals surface area (Å²) < 4.78 is 5.73. The third-order valence-corrected chi connectivity index (χ3v) is 3.88. The van der Waals surface area contributed by atoms with E-state index in [9.17, 15) is 4.79 Å². The minimum atomic E-state index is -0.700. The first kappa shape index (κ1) is 14.2. The quantitative estimate of drug-likeness (QED) is 0.876. The Bertz CT molecular complexity index is 747. The van der Waals surface area contributed by atoms with Gasteiger partial charge in [-0.15, -0.1) is 0 Å². The molecule has 0 aromatic heterocycles. The summed E-state index contributed by atoms with van der Waals surface area (Å²) in [6, 6.07) is 8.05. The van der Waals surface area contributed by atoms with E-state index in [4.69, 9.17) is 33.7 Å². The van der Waals surface area contributed by atoms with Crippen LogP contribution in [0.4, 0.5) is 5.69 Å². The summed E-state index contributed by atoms with van der Waals surface area (Å²) in [7, 11) is 0. The van der Waals surface area contributed by atoms with Crippen LogP contribution in [0.1, 0.15) is 17.2 Å². The highest BCUT2D eigenvalue weighted by Gasteiger charge is 2.28. The molecule has 0 bridgehead atoms. The second-order valence-electron chi connectivity index (χ2n) is 4.87. The molecule has 0 fully saturated rings. The summed E-state index contributed by atoms with van der Waals surface area (Å²) >= 11 is 12.3. The number of halogens is 2. The molecule has 2 aromatic carbocycles. The van der Waals surface area contributed by atoms with Crippen molar-refractivity contribution in [1.82, 2.24) is 0 Å². The fourth-order valence-corrected chi connectivity index (χ4v) is 2.66. The number of rotatable bonds is 2. The van der Waals surface area contributed by atoms with Crippen molar-refractivity contribution < 1.29 is 9.53 Å².